The molecule has 20 heavy (non-hydrogen) atoms. The first kappa shape index (κ1) is 16.3. The number of nitrogens with two attached hydrogens (primary N) is 1. The largest absolute Gasteiger partial charge is 0.396 e. The number of aliphatic hydroxyl groups excluding tert-OH is 1. The van der Waals surface area contributed by atoms with Crippen molar-refractivity contribution in [3.8, 4) is 0 Å². The molecule has 118 valence electrons. The minimum atomic E-state index is 0.0758. The summed E-state index contributed by atoms with van der Waals surface area (Å²) in [7, 11) is 0. The molecular weight excluding hydrogens is 248 g/mol. The minimum absolute atomic E-state index is 0.0758. The van der Waals surface area contributed by atoms with E-state index in [1.807, 2.05) is 0 Å². The molecule has 0 aromatic heterocycles. The summed E-state index contributed by atoms with van der Waals surface area (Å²) in [5, 5.41) is 10.00. The van der Waals surface area contributed by atoms with Crippen molar-refractivity contribution in [2.75, 3.05) is 26.2 Å². The molecule has 3 nitrogen and oxygen atoms in total. The molecule has 2 rings (SSSR count). The third kappa shape index (κ3) is 1.69. The molecule has 2 aliphatic carbocycles. The van der Waals surface area contributed by atoms with Crippen molar-refractivity contribution in [2.24, 2.45) is 28.4 Å². The Balaban J connectivity index is 2.55. The lowest BCUT2D eigenvalue weighted by Gasteiger charge is -2.58. The quantitative estimate of drug-likeness (QED) is 0.787. The smallest absolute Gasteiger partial charge is 0.0489 e. The van der Waals surface area contributed by atoms with Gasteiger partial charge in [-0.25, -0.2) is 0 Å². The highest BCUT2D eigenvalue weighted by atomic mass is 16.3. The lowest BCUT2D eigenvalue weighted by atomic mass is 9.57. The molecule has 3 N–H and O–H groups in total. The van der Waals surface area contributed by atoms with Gasteiger partial charge in [-0.2, -0.15) is 0 Å². The highest BCUT2D eigenvalue weighted by molar-refractivity contribution is 5.23. The van der Waals surface area contributed by atoms with Crippen molar-refractivity contribution < 1.29 is 5.11 Å². The second-order valence-corrected chi connectivity index (χ2v) is 7.71. The van der Waals surface area contributed by atoms with E-state index >= 15 is 0 Å². The van der Waals surface area contributed by atoms with E-state index in [2.05, 4.69) is 39.5 Å². The van der Waals surface area contributed by atoms with Gasteiger partial charge in [0.25, 0.3) is 0 Å². The van der Waals surface area contributed by atoms with Gasteiger partial charge in [0.2, 0.25) is 0 Å². The predicted octanol–water partition coefficient (Wildman–Crippen LogP) is 2.48. The van der Waals surface area contributed by atoms with Crippen molar-refractivity contribution in [3.05, 3.63) is 0 Å². The molecule has 0 heterocycles. The number of fused-ring (bicyclic) bond motifs is 2. The Bertz CT molecular complexity index is 335. The van der Waals surface area contributed by atoms with E-state index < -0.39 is 0 Å². The fourth-order valence-corrected chi connectivity index (χ4v) is 5.89. The normalized spacial score (nSPS) is 40.5. The van der Waals surface area contributed by atoms with Crippen LogP contribution in [0.25, 0.3) is 0 Å². The molecule has 0 radical (unpaired) electrons. The minimum Gasteiger partial charge on any atom is -0.396 e. The molecule has 4 atom stereocenters. The summed E-state index contributed by atoms with van der Waals surface area (Å²) in [6.45, 7) is 14.8. The maximum atomic E-state index is 10.00. The second kappa shape index (κ2) is 5.26. The van der Waals surface area contributed by atoms with Crippen molar-refractivity contribution in [2.45, 2.75) is 59.4 Å². The number of nitrogens with zero attached hydrogens (tertiary/aromatic N) is 1. The highest BCUT2D eigenvalue weighted by Crippen LogP contribution is 2.72. The van der Waals surface area contributed by atoms with Gasteiger partial charge in [0.1, 0.15) is 0 Å². The summed E-state index contributed by atoms with van der Waals surface area (Å²) in [5.41, 5.74) is 6.76. The van der Waals surface area contributed by atoms with Gasteiger partial charge in [-0.05, 0) is 55.6 Å². The number of rotatable bonds is 6. The molecule has 4 unspecified atom stereocenters. The van der Waals surface area contributed by atoms with Crippen molar-refractivity contribution in [1.29, 1.82) is 0 Å². The molecule has 2 saturated carbocycles. The topological polar surface area (TPSA) is 49.5 Å². The first-order valence-electron chi connectivity index (χ1n) is 8.41. The summed E-state index contributed by atoms with van der Waals surface area (Å²) in [6, 6.07) is 0. The Kier molecular flexibility index (Phi) is 4.27. The zero-order valence-electron chi connectivity index (χ0n) is 14.1. The fraction of sp³-hybridized carbons (Fsp3) is 1.00. The van der Waals surface area contributed by atoms with E-state index in [0.29, 0.717) is 12.0 Å². The molecule has 0 saturated heterocycles. The van der Waals surface area contributed by atoms with Gasteiger partial charge in [0.05, 0.1) is 0 Å². The molecule has 0 aromatic carbocycles. The molecule has 0 aromatic rings. The van der Waals surface area contributed by atoms with Crippen molar-refractivity contribution in [3.63, 3.8) is 0 Å². The van der Waals surface area contributed by atoms with Gasteiger partial charge in [-0.1, -0.05) is 34.6 Å². The predicted molar refractivity (Wildman–Crippen MR) is 84.5 cm³/mol. The van der Waals surface area contributed by atoms with Gasteiger partial charge in [-0.15, -0.1) is 0 Å². The summed E-state index contributed by atoms with van der Waals surface area (Å²) < 4.78 is 0. The van der Waals surface area contributed by atoms with Gasteiger partial charge in [0.15, 0.2) is 0 Å². The molecule has 2 fully saturated rings. The molecule has 2 aliphatic rings. The fourth-order valence-electron chi connectivity index (χ4n) is 5.89. The lowest BCUT2D eigenvalue weighted by Crippen LogP contribution is -2.65. The first-order chi connectivity index (χ1) is 9.35. The molecular formula is C17H34N2O. The second-order valence-electron chi connectivity index (χ2n) is 7.71. The van der Waals surface area contributed by atoms with Crippen LogP contribution in [0.2, 0.25) is 0 Å². The van der Waals surface area contributed by atoms with Crippen molar-refractivity contribution in [1.82, 2.24) is 4.90 Å². The van der Waals surface area contributed by atoms with Crippen LogP contribution in [0, 0.1) is 22.7 Å². The maximum absolute atomic E-state index is 10.00. The maximum Gasteiger partial charge on any atom is 0.0489 e. The summed E-state index contributed by atoms with van der Waals surface area (Å²) >= 11 is 0. The summed E-state index contributed by atoms with van der Waals surface area (Å²) in [5.74, 6) is 0.964. The van der Waals surface area contributed by atoms with Crippen LogP contribution in [0.4, 0.5) is 0 Å². The average Bonchev–Trinajstić information content (AvgIpc) is 2.74. The van der Waals surface area contributed by atoms with Crippen LogP contribution in [0.5, 0.6) is 0 Å². The Labute approximate surface area is 124 Å². The molecule has 0 amide bonds. The number of hydrogen-bond acceptors (Lipinski definition) is 3. The number of aliphatic hydroxyl groups is 1. The Hall–Kier alpha value is -0.120. The van der Waals surface area contributed by atoms with Crippen LogP contribution in [-0.2, 0) is 0 Å². The summed E-state index contributed by atoms with van der Waals surface area (Å²) in [6.07, 6.45) is 3.83. The highest BCUT2D eigenvalue weighted by Gasteiger charge is 2.71. The van der Waals surface area contributed by atoms with Crippen LogP contribution in [0.3, 0.4) is 0 Å². The van der Waals surface area contributed by atoms with Crippen molar-refractivity contribution >= 4 is 0 Å². The third-order valence-electron chi connectivity index (χ3n) is 7.46. The monoisotopic (exact) mass is 282 g/mol. The van der Waals surface area contributed by atoms with E-state index in [0.717, 1.165) is 19.0 Å². The average molecular weight is 282 g/mol. The Morgan fingerprint density at radius 2 is 1.85 bits per heavy atom. The molecule has 0 aliphatic heterocycles. The van der Waals surface area contributed by atoms with Crippen LogP contribution in [0.15, 0.2) is 0 Å². The standard InChI is InChI=1S/C17H34N2O/c1-6-19(7-2)17(14(11-18)12-20)10-13-8-9-16(17,5)15(13,3)4/h13-14,20H,6-12,18H2,1-5H3. The first-order valence-corrected chi connectivity index (χ1v) is 8.41. The zero-order chi connectivity index (χ0) is 15.2. The van der Waals surface area contributed by atoms with Crippen LogP contribution >= 0.6 is 0 Å². The van der Waals surface area contributed by atoms with Crippen LogP contribution < -0.4 is 5.73 Å². The van der Waals surface area contributed by atoms with Gasteiger partial charge in [-0.3, -0.25) is 4.90 Å². The van der Waals surface area contributed by atoms with E-state index in [-0.39, 0.29) is 23.5 Å². The van der Waals surface area contributed by atoms with Gasteiger partial charge < -0.3 is 10.8 Å². The van der Waals surface area contributed by atoms with Crippen LogP contribution in [-0.4, -0.2) is 41.8 Å². The number of hydrogen-bond donors (Lipinski definition) is 2. The summed E-state index contributed by atoms with van der Waals surface area (Å²) in [4.78, 5) is 2.61. The van der Waals surface area contributed by atoms with E-state index in [1.54, 1.807) is 0 Å². The Morgan fingerprint density at radius 3 is 2.15 bits per heavy atom. The van der Waals surface area contributed by atoms with E-state index in [4.69, 9.17) is 5.73 Å². The molecule has 2 bridgehead atoms. The SMILES string of the molecule is CCN(CC)C1(C(CN)CO)CC2CCC1(C)C2(C)C. The lowest BCUT2D eigenvalue weighted by molar-refractivity contribution is -0.0909. The molecule has 0 spiro atoms. The van der Waals surface area contributed by atoms with Gasteiger partial charge in [0, 0.05) is 18.1 Å². The zero-order valence-corrected chi connectivity index (χ0v) is 14.1. The third-order valence-corrected chi connectivity index (χ3v) is 7.46. The Morgan fingerprint density at radius 1 is 1.25 bits per heavy atom. The van der Waals surface area contributed by atoms with E-state index in [9.17, 15) is 5.11 Å². The molecule has 3 heteroatoms. The van der Waals surface area contributed by atoms with Crippen LogP contribution in [0.1, 0.15) is 53.9 Å². The van der Waals surface area contributed by atoms with E-state index in [1.165, 1.54) is 19.3 Å². The van der Waals surface area contributed by atoms with Gasteiger partial charge >= 0.3 is 0 Å².